The van der Waals surface area contributed by atoms with Crippen LogP contribution in [-0.2, 0) is 4.79 Å². The van der Waals surface area contributed by atoms with Gasteiger partial charge in [0.25, 0.3) is 5.91 Å². The molecule has 3 aromatic rings. The van der Waals surface area contributed by atoms with Crippen molar-refractivity contribution in [1.29, 1.82) is 0 Å². The second-order valence-corrected chi connectivity index (χ2v) is 5.17. The molecule has 1 aromatic heterocycles. The summed E-state index contributed by atoms with van der Waals surface area (Å²) in [6.45, 7) is -0.452. The Balaban J connectivity index is 1.71. The maximum atomic E-state index is 12.3. The third-order valence-electron chi connectivity index (χ3n) is 3.47. The van der Waals surface area contributed by atoms with Gasteiger partial charge in [-0.15, -0.1) is 0 Å². The number of carbonyl (C=O) groups excluding carboxylic acids is 1. The summed E-state index contributed by atoms with van der Waals surface area (Å²) >= 11 is 0. The molecule has 3 rings (SSSR count). The zero-order valence-electron chi connectivity index (χ0n) is 13.1. The number of fused-ring (bicyclic) bond motifs is 1. The Morgan fingerprint density at radius 1 is 1.16 bits per heavy atom. The Kier molecular flexibility index (Phi) is 4.75. The lowest BCUT2D eigenvalue weighted by molar-refractivity contribution is -0.139. The summed E-state index contributed by atoms with van der Waals surface area (Å²) < 4.78 is 5.18. The first-order chi connectivity index (χ1) is 12.1. The Hall–Kier alpha value is -3.61. The first-order valence-corrected chi connectivity index (χ1v) is 7.48. The molecule has 0 aliphatic carbocycles. The number of para-hydroxylation sites is 2. The molecule has 0 saturated heterocycles. The van der Waals surface area contributed by atoms with Gasteiger partial charge in [0, 0.05) is 22.7 Å². The van der Waals surface area contributed by atoms with Crippen LogP contribution in [-0.4, -0.2) is 34.8 Å². The van der Waals surface area contributed by atoms with Gasteiger partial charge in [-0.2, -0.15) is 5.10 Å². The molecule has 126 valence electrons. The van der Waals surface area contributed by atoms with Crippen molar-refractivity contribution in [2.24, 2.45) is 5.10 Å². The van der Waals surface area contributed by atoms with Crippen LogP contribution in [0.5, 0.6) is 5.75 Å². The molecule has 0 aliphatic rings. The molecule has 2 aromatic carbocycles. The maximum Gasteiger partial charge on any atom is 0.341 e. The average molecular weight is 337 g/mol. The lowest BCUT2D eigenvalue weighted by Crippen LogP contribution is -2.17. The molecule has 0 bridgehead atoms. The highest BCUT2D eigenvalue weighted by molar-refractivity contribution is 6.06. The number of hydrogen-bond donors (Lipinski definition) is 3. The van der Waals surface area contributed by atoms with E-state index in [9.17, 15) is 9.59 Å². The van der Waals surface area contributed by atoms with Gasteiger partial charge in [-0.25, -0.2) is 10.2 Å². The normalized spacial score (nSPS) is 10.9. The number of hydrogen-bond acceptors (Lipinski definition) is 4. The van der Waals surface area contributed by atoms with E-state index in [0.29, 0.717) is 16.9 Å². The first-order valence-electron chi connectivity index (χ1n) is 7.48. The fraction of sp³-hybridized carbons (Fsp3) is 0.0556. The van der Waals surface area contributed by atoms with E-state index in [-0.39, 0.29) is 5.91 Å². The second kappa shape index (κ2) is 7.31. The molecule has 0 radical (unpaired) electrons. The van der Waals surface area contributed by atoms with Crippen LogP contribution in [0.4, 0.5) is 0 Å². The number of nitrogens with zero attached hydrogens (tertiary/aromatic N) is 1. The highest BCUT2D eigenvalue weighted by Crippen LogP contribution is 2.18. The molecule has 7 heteroatoms. The van der Waals surface area contributed by atoms with Crippen molar-refractivity contribution in [3.63, 3.8) is 0 Å². The smallest absolute Gasteiger partial charge is 0.341 e. The number of aromatic nitrogens is 1. The van der Waals surface area contributed by atoms with E-state index in [4.69, 9.17) is 9.84 Å². The number of benzene rings is 2. The molecule has 25 heavy (non-hydrogen) atoms. The second-order valence-electron chi connectivity index (χ2n) is 5.17. The first kappa shape index (κ1) is 16.3. The van der Waals surface area contributed by atoms with Gasteiger partial charge in [0.05, 0.1) is 11.8 Å². The van der Waals surface area contributed by atoms with Crippen molar-refractivity contribution in [3.8, 4) is 5.75 Å². The molecule has 0 spiro atoms. The highest BCUT2D eigenvalue weighted by atomic mass is 16.5. The number of aromatic amines is 1. The third-order valence-corrected chi connectivity index (χ3v) is 3.47. The standard InChI is InChI=1S/C18H15N3O4/c22-17(23)11-25-16-8-4-1-5-12(16)9-20-21-18(24)14-10-19-15-7-3-2-6-13(14)15/h1-10,19H,11H2,(H,21,24)(H,22,23)/b20-9-. The fourth-order valence-corrected chi connectivity index (χ4v) is 2.34. The van der Waals surface area contributed by atoms with Crippen LogP contribution in [0, 0.1) is 0 Å². The summed E-state index contributed by atoms with van der Waals surface area (Å²) in [7, 11) is 0. The predicted octanol–water partition coefficient (Wildman–Crippen LogP) is 2.40. The van der Waals surface area contributed by atoms with E-state index in [1.165, 1.54) is 6.21 Å². The molecule has 0 aliphatic heterocycles. The minimum Gasteiger partial charge on any atom is -0.481 e. The molecule has 0 saturated carbocycles. The van der Waals surface area contributed by atoms with Gasteiger partial charge in [-0.1, -0.05) is 30.3 Å². The van der Waals surface area contributed by atoms with Crippen LogP contribution in [0.2, 0.25) is 0 Å². The van der Waals surface area contributed by atoms with Crippen molar-refractivity contribution in [3.05, 3.63) is 65.9 Å². The number of amides is 1. The number of aliphatic carboxylic acids is 1. The summed E-state index contributed by atoms with van der Waals surface area (Å²) in [6.07, 6.45) is 3.03. The van der Waals surface area contributed by atoms with E-state index < -0.39 is 12.6 Å². The van der Waals surface area contributed by atoms with Crippen molar-refractivity contribution >= 4 is 29.0 Å². The zero-order chi connectivity index (χ0) is 17.6. The van der Waals surface area contributed by atoms with E-state index >= 15 is 0 Å². The number of ether oxygens (including phenoxy) is 1. The average Bonchev–Trinajstić information content (AvgIpc) is 3.05. The molecular weight excluding hydrogens is 322 g/mol. The minimum atomic E-state index is -1.07. The van der Waals surface area contributed by atoms with Crippen molar-refractivity contribution < 1.29 is 19.4 Å². The SMILES string of the molecule is O=C(O)COc1ccccc1/C=N\NC(=O)c1c[nH]c2ccccc12. The van der Waals surface area contributed by atoms with Gasteiger partial charge in [0.15, 0.2) is 6.61 Å². The summed E-state index contributed by atoms with van der Waals surface area (Å²) in [5.41, 5.74) is 4.37. The van der Waals surface area contributed by atoms with E-state index in [1.54, 1.807) is 30.5 Å². The Labute approximate surface area is 142 Å². The number of carbonyl (C=O) groups is 2. The highest BCUT2D eigenvalue weighted by Gasteiger charge is 2.10. The van der Waals surface area contributed by atoms with Crippen LogP contribution in [0.25, 0.3) is 10.9 Å². The number of carboxylic acid groups (broad SMARTS) is 1. The van der Waals surface area contributed by atoms with Gasteiger partial charge < -0.3 is 14.8 Å². The largest absolute Gasteiger partial charge is 0.481 e. The molecule has 0 unspecified atom stereocenters. The lowest BCUT2D eigenvalue weighted by atomic mass is 10.2. The van der Waals surface area contributed by atoms with E-state index in [2.05, 4.69) is 15.5 Å². The van der Waals surface area contributed by atoms with Crippen LogP contribution in [0.15, 0.2) is 59.8 Å². The predicted molar refractivity (Wildman–Crippen MR) is 92.9 cm³/mol. The number of rotatable bonds is 6. The number of H-pyrrole nitrogens is 1. The van der Waals surface area contributed by atoms with Crippen LogP contribution in [0.3, 0.4) is 0 Å². The molecule has 0 atom stereocenters. The summed E-state index contributed by atoms with van der Waals surface area (Å²) in [4.78, 5) is 25.9. The summed E-state index contributed by atoms with van der Waals surface area (Å²) in [6, 6.07) is 14.3. The number of carboxylic acids is 1. The monoisotopic (exact) mass is 337 g/mol. The quantitative estimate of drug-likeness (QED) is 0.474. The van der Waals surface area contributed by atoms with Crippen LogP contribution in [0.1, 0.15) is 15.9 Å². The minimum absolute atomic E-state index is 0.349. The van der Waals surface area contributed by atoms with Gasteiger partial charge in [0.1, 0.15) is 5.75 Å². The van der Waals surface area contributed by atoms with Crippen molar-refractivity contribution in [2.75, 3.05) is 6.61 Å². The Morgan fingerprint density at radius 2 is 1.92 bits per heavy atom. The topological polar surface area (TPSA) is 104 Å². The van der Waals surface area contributed by atoms with Gasteiger partial charge >= 0.3 is 5.97 Å². The van der Waals surface area contributed by atoms with Gasteiger partial charge in [0.2, 0.25) is 0 Å². The Morgan fingerprint density at radius 3 is 2.76 bits per heavy atom. The van der Waals surface area contributed by atoms with Gasteiger partial charge in [-0.05, 0) is 18.2 Å². The van der Waals surface area contributed by atoms with Crippen LogP contribution >= 0.6 is 0 Å². The van der Waals surface area contributed by atoms with Crippen molar-refractivity contribution in [1.82, 2.24) is 10.4 Å². The van der Waals surface area contributed by atoms with Crippen molar-refractivity contribution in [2.45, 2.75) is 0 Å². The molecule has 3 N–H and O–H groups in total. The van der Waals surface area contributed by atoms with E-state index in [0.717, 1.165) is 10.9 Å². The number of nitrogens with one attached hydrogen (secondary N) is 2. The Bertz CT molecular complexity index is 946. The molecular formula is C18H15N3O4. The fourth-order valence-electron chi connectivity index (χ4n) is 2.34. The molecule has 7 nitrogen and oxygen atoms in total. The summed E-state index contributed by atoms with van der Waals surface area (Å²) in [5, 5.41) is 13.4. The molecule has 1 heterocycles. The molecule has 0 fully saturated rings. The molecule has 1 amide bonds. The number of hydrazone groups is 1. The summed E-state index contributed by atoms with van der Waals surface area (Å²) in [5.74, 6) is -1.05. The maximum absolute atomic E-state index is 12.3. The van der Waals surface area contributed by atoms with Gasteiger partial charge in [-0.3, -0.25) is 4.79 Å². The van der Waals surface area contributed by atoms with E-state index in [1.807, 2.05) is 24.3 Å². The zero-order valence-corrected chi connectivity index (χ0v) is 13.1. The third kappa shape index (κ3) is 3.84. The lowest BCUT2D eigenvalue weighted by Gasteiger charge is -2.06. The van der Waals surface area contributed by atoms with Crippen LogP contribution < -0.4 is 10.2 Å².